The molecule has 0 bridgehead atoms. The van der Waals surface area contributed by atoms with E-state index >= 15 is 0 Å². The van der Waals surface area contributed by atoms with Crippen LogP contribution in [0.1, 0.15) is 24.0 Å². The van der Waals surface area contributed by atoms with Crippen LogP contribution >= 0.6 is 11.6 Å². The molecule has 1 aliphatic heterocycles. The van der Waals surface area contributed by atoms with Crippen LogP contribution in [0, 0.1) is 6.92 Å². The predicted octanol–water partition coefficient (Wildman–Crippen LogP) is 2.26. The highest BCUT2D eigenvalue weighted by molar-refractivity contribution is 6.30. The van der Waals surface area contributed by atoms with Gasteiger partial charge in [0.1, 0.15) is 0 Å². The Kier molecular flexibility index (Phi) is 2.73. The Balaban J connectivity index is 2.34. The number of nitrogens with zero attached hydrogens (tertiary/aromatic N) is 1. The van der Waals surface area contributed by atoms with Crippen LogP contribution in [0.4, 0.5) is 0 Å². The Labute approximate surface area is 93.1 Å². The molecule has 0 unspecified atom stereocenters. The normalized spacial score (nSPS) is 15.9. The lowest BCUT2D eigenvalue weighted by Crippen LogP contribution is -2.26. The first-order valence-electron chi connectivity index (χ1n) is 4.79. The molecule has 0 aromatic heterocycles. The molecule has 1 aromatic carbocycles. The third-order valence-electron chi connectivity index (χ3n) is 2.40. The van der Waals surface area contributed by atoms with Crippen LogP contribution in [0.5, 0.6) is 0 Å². The van der Waals surface area contributed by atoms with Gasteiger partial charge in [-0.1, -0.05) is 17.7 Å². The summed E-state index contributed by atoms with van der Waals surface area (Å²) in [6, 6.07) is 5.67. The number of hydrogen-bond acceptors (Lipinski definition) is 2. The largest absolute Gasteiger partial charge is 0.273 e. The summed E-state index contributed by atoms with van der Waals surface area (Å²) in [4.78, 5) is 10.9. The maximum absolute atomic E-state index is 10.9. The van der Waals surface area contributed by atoms with Gasteiger partial charge < -0.3 is 0 Å². The quantitative estimate of drug-likeness (QED) is 0.778. The van der Waals surface area contributed by atoms with E-state index in [1.165, 1.54) is 0 Å². The third kappa shape index (κ3) is 2.18. The summed E-state index contributed by atoms with van der Waals surface area (Å²) in [7, 11) is 0. The monoisotopic (exact) mass is 222 g/mol. The molecule has 0 atom stereocenters. The third-order valence-corrected chi connectivity index (χ3v) is 2.64. The molecule has 1 N–H and O–H groups in total. The van der Waals surface area contributed by atoms with E-state index in [0.29, 0.717) is 12.8 Å². The minimum atomic E-state index is -0.0228. The van der Waals surface area contributed by atoms with E-state index < -0.39 is 0 Å². The molecule has 0 fully saturated rings. The first kappa shape index (κ1) is 10.2. The first-order chi connectivity index (χ1) is 7.16. The number of benzene rings is 1. The van der Waals surface area contributed by atoms with Crippen LogP contribution in [0.25, 0.3) is 0 Å². The van der Waals surface area contributed by atoms with Crippen molar-refractivity contribution in [1.82, 2.24) is 5.43 Å². The van der Waals surface area contributed by atoms with Gasteiger partial charge in [-0.15, -0.1) is 0 Å². The highest BCUT2D eigenvalue weighted by Crippen LogP contribution is 2.18. The van der Waals surface area contributed by atoms with E-state index in [9.17, 15) is 4.79 Å². The first-order valence-corrected chi connectivity index (χ1v) is 5.16. The van der Waals surface area contributed by atoms with Gasteiger partial charge in [-0.05, 0) is 24.6 Å². The van der Waals surface area contributed by atoms with Gasteiger partial charge in [0.05, 0.1) is 5.71 Å². The maximum Gasteiger partial charge on any atom is 0.240 e. The lowest BCUT2D eigenvalue weighted by Gasteiger charge is -2.13. The molecule has 1 aromatic rings. The fourth-order valence-electron chi connectivity index (χ4n) is 1.62. The van der Waals surface area contributed by atoms with Crippen molar-refractivity contribution in [3.8, 4) is 0 Å². The molecule has 1 aliphatic rings. The van der Waals surface area contributed by atoms with Gasteiger partial charge in [-0.25, -0.2) is 5.43 Å². The second-order valence-electron chi connectivity index (χ2n) is 3.55. The van der Waals surface area contributed by atoms with Crippen molar-refractivity contribution in [3.05, 3.63) is 34.3 Å². The molecule has 15 heavy (non-hydrogen) atoms. The van der Waals surface area contributed by atoms with Crippen LogP contribution < -0.4 is 5.43 Å². The van der Waals surface area contributed by atoms with E-state index in [2.05, 4.69) is 10.5 Å². The van der Waals surface area contributed by atoms with Crippen molar-refractivity contribution in [2.45, 2.75) is 19.8 Å². The number of amides is 1. The molecule has 0 aliphatic carbocycles. The second-order valence-corrected chi connectivity index (χ2v) is 3.99. The summed E-state index contributed by atoms with van der Waals surface area (Å²) < 4.78 is 0. The summed E-state index contributed by atoms with van der Waals surface area (Å²) in [5, 5.41) is 4.76. The Morgan fingerprint density at radius 3 is 2.80 bits per heavy atom. The Hall–Kier alpha value is -1.35. The molecule has 1 amide bonds. The molecular formula is C11H11ClN2O. The van der Waals surface area contributed by atoms with Crippen molar-refractivity contribution < 1.29 is 4.79 Å². The van der Waals surface area contributed by atoms with Gasteiger partial charge in [0, 0.05) is 23.4 Å². The topological polar surface area (TPSA) is 41.5 Å². The van der Waals surface area contributed by atoms with E-state index in [1.807, 2.05) is 25.1 Å². The number of aryl methyl sites for hydroxylation is 1. The van der Waals surface area contributed by atoms with E-state index in [4.69, 9.17) is 11.6 Å². The van der Waals surface area contributed by atoms with Gasteiger partial charge in [0.15, 0.2) is 0 Å². The number of nitrogens with one attached hydrogen (secondary N) is 1. The molecule has 4 heteroatoms. The molecule has 0 spiro atoms. The summed E-state index contributed by atoms with van der Waals surface area (Å²) in [6.45, 7) is 1.99. The summed E-state index contributed by atoms with van der Waals surface area (Å²) in [5.41, 5.74) is 5.54. The predicted molar refractivity (Wildman–Crippen MR) is 60.1 cm³/mol. The zero-order valence-electron chi connectivity index (χ0n) is 8.38. The Bertz CT molecular complexity index is 440. The van der Waals surface area contributed by atoms with Crippen LogP contribution in [-0.4, -0.2) is 11.6 Å². The second kappa shape index (κ2) is 4.03. The number of halogens is 1. The fourth-order valence-corrected chi connectivity index (χ4v) is 1.85. The zero-order chi connectivity index (χ0) is 10.8. The van der Waals surface area contributed by atoms with Crippen LogP contribution in [-0.2, 0) is 4.79 Å². The molecule has 1 heterocycles. The highest BCUT2D eigenvalue weighted by Gasteiger charge is 2.14. The Morgan fingerprint density at radius 2 is 2.20 bits per heavy atom. The molecule has 2 rings (SSSR count). The van der Waals surface area contributed by atoms with E-state index in [0.717, 1.165) is 21.9 Å². The minimum absolute atomic E-state index is 0.0228. The van der Waals surface area contributed by atoms with Gasteiger partial charge in [-0.2, -0.15) is 5.10 Å². The van der Waals surface area contributed by atoms with Crippen LogP contribution in [0.3, 0.4) is 0 Å². The number of hydrazone groups is 1. The van der Waals surface area contributed by atoms with Crippen molar-refractivity contribution >= 4 is 23.2 Å². The number of carbonyl (C=O) groups is 1. The summed E-state index contributed by atoms with van der Waals surface area (Å²) in [6.07, 6.45) is 1.19. The van der Waals surface area contributed by atoms with Gasteiger partial charge in [0.25, 0.3) is 0 Å². The highest BCUT2D eigenvalue weighted by atomic mass is 35.5. The molecule has 3 nitrogen and oxygen atoms in total. The fraction of sp³-hybridized carbons (Fsp3) is 0.273. The summed E-state index contributed by atoms with van der Waals surface area (Å²) >= 11 is 5.87. The van der Waals surface area contributed by atoms with Crippen LogP contribution in [0.15, 0.2) is 23.3 Å². The molecule has 0 saturated heterocycles. The number of carbonyl (C=O) groups excluding carboxylic acids is 1. The summed E-state index contributed by atoms with van der Waals surface area (Å²) in [5.74, 6) is -0.0228. The van der Waals surface area contributed by atoms with E-state index in [-0.39, 0.29) is 5.91 Å². The smallest absolute Gasteiger partial charge is 0.240 e. The van der Waals surface area contributed by atoms with Crippen LogP contribution in [0.2, 0.25) is 5.02 Å². The minimum Gasteiger partial charge on any atom is -0.273 e. The standard InChI is InChI=1S/C11H11ClN2O/c1-7-6-8(12)2-3-9(7)10-4-5-11(15)14-13-10/h2-3,6H,4-5H2,1H3,(H,14,15). The van der Waals surface area contributed by atoms with Crippen molar-refractivity contribution in [3.63, 3.8) is 0 Å². The van der Waals surface area contributed by atoms with E-state index in [1.54, 1.807) is 0 Å². The maximum atomic E-state index is 10.9. The average molecular weight is 223 g/mol. The SMILES string of the molecule is Cc1cc(Cl)ccc1C1=NNC(=O)CC1. The van der Waals surface area contributed by atoms with Gasteiger partial charge in [0.2, 0.25) is 5.91 Å². The van der Waals surface area contributed by atoms with Crippen molar-refractivity contribution in [2.75, 3.05) is 0 Å². The molecule has 78 valence electrons. The van der Waals surface area contributed by atoms with Crippen molar-refractivity contribution in [2.24, 2.45) is 5.10 Å². The van der Waals surface area contributed by atoms with Gasteiger partial charge >= 0.3 is 0 Å². The number of rotatable bonds is 1. The number of hydrogen-bond donors (Lipinski definition) is 1. The average Bonchev–Trinajstić information content (AvgIpc) is 2.20. The van der Waals surface area contributed by atoms with Crippen molar-refractivity contribution in [1.29, 1.82) is 0 Å². The molecular weight excluding hydrogens is 212 g/mol. The Morgan fingerprint density at radius 1 is 1.40 bits per heavy atom. The van der Waals surface area contributed by atoms with Gasteiger partial charge in [-0.3, -0.25) is 4.79 Å². The lowest BCUT2D eigenvalue weighted by molar-refractivity contribution is -0.121. The zero-order valence-corrected chi connectivity index (χ0v) is 9.14. The lowest BCUT2D eigenvalue weighted by atomic mass is 10.00. The molecule has 0 saturated carbocycles. The molecule has 0 radical (unpaired) electrons.